The maximum absolute atomic E-state index is 12.7. The lowest BCUT2D eigenvalue weighted by molar-refractivity contribution is -0.185. The number of hydrogen-bond donors (Lipinski definition) is 0. The number of halogens is 6. The highest BCUT2D eigenvalue weighted by Gasteiger charge is 2.49. The summed E-state index contributed by atoms with van der Waals surface area (Å²) in [6.07, 6.45) is -5.29. The van der Waals surface area contributed by atoms with Crippen LogP contribution in [0.4, 0.5) is 26.3 Å². The van der Waals surface area contributed by atoms with Crippen molar-refractivity contribution < 1.29 is 43.7 Å². The van der Waals surface area contributed by atoms with Crippen LogP contribution < -0.4 is 4.18 Å². The first-order valence-corrected chi connectivity index (χ1v) is 9.19. The monoisotopic (exact) mass is 419 g/mol. The van der Waals surface area contributed by atoms with Crippen LogP contribution in [0.2, 0.25) is 0 Å². The molecule has 0 fully saturated rings. The van der Waals surface area contributed by atoms with Crippen LogP contribution in [0.1, 0.15) is 23.6 Å². The van der Waals surface area contributed by atoms with E-state index in [1.54, 1.807) is 6.92 Å². The lowest BCUT2D eigenvalue weighted by atomic mass is 9.97. The number of carbonyl (C=O) groups excluding carboxylic acids is 1. The fraction of sp³-hybridized carbons (Fsp3) is 0.533. The number of fused-ring (bicyclic) bond motifs is 1. The maximum atomic E-state index is 12.7. The number of amides is 1. The lowest BCUT2D eigenvalue weighted by Crippen LogP contribution is -2.42. The number of carbonyl (C=O) groups is 1. The van der Waals surface area contributed by atoms with Crippen LogP contribution >= 0.6 is 0 Å². The minimum Gasteiger partial charge on any atom is -0.375 e. The molecule has 1 aromatic carbocycles. The lowest BCUT2D eigenvalue weighted by Gasteiger charge is -2.21. The van der Waals surface area contributed by atoms with E-state index in [9.17, 15) is 39.6 Å². The normalized spacial score (nSPS) is 15.9. The predicted octanol–water partition coefficient (Wildman–Crippen LogP) is 2.97. The molecule has 2 rings (SSSR count). The maximum Gasteiger partial charge on any atom is 0.534 e. The van der Waals surface area contributed by atoms with Gasteiger partial charge in [-0.3, -0.25) is 4.79 Å². The van der Waals surface area contributed by atoms with Gasteiger partial charge in [-0.2, -0.15) is 34.8 Å². The summed E-state index contributed by atoms with van der Waals surface area (Å²) in [4.78, 5) is 12.0. The highest BCUT2D eigenvalue weighted by Crippen LogP contribution is 2.35. The summed E-state index contributed by atoms with van der Waals surface area (Å²) in [5, 5.41) is 0. The molecule has 12 heteroatoms. The first kappa shape index (κ1) is 21.3. The molecule has 5 nitrogen and oxygen atoms in total. The molecular weight excluding hydrogens is 404 g/mol. The minimum atomic E-state index is -5.94. The molecule has 0 saturated carbocycles. The number of benzene rings is 1. The summed E-state index contributed by atoms with van der Waals surface area (Å²) in [6.45, 7) is 0.828. The van der Waals surface area contributed by atoms with E-state index < -0.39 is 40.0 Å². The van der Waals surface area contributed by atoms with Gasteiger partial charge in [0, 0.05) is 18.7 Å². The van der Waals surface area contributed by atoms with Crippen LogP contribution in [0.15, 0.2) is 12.1 Å². The topological polar surface area (TPSA) is 63.7 Å². The van der Waals surface area contributed by atoms with E-state index in [0.717, 1.165) is 0 Å². The molecule has 1 amide bonds. The zero-order valence-corrected chi connectivity index (χ0v) is 14.8. The molecule has 0 aromatic heterocycles. The Labute approximate surface area is 151 Å². The molecule has 1 heterocycles. The van der Waals surface area contributed by atoms with Crippen LogP contribution in [-0.2, 0) is 34.2 Å². The highest BCUT2D eigenvalue weighted by molar-refractivity contribution is 7.88. The van der Waals surface area contributed by atoms with E-state index in [2.05, 4.69) is 4.18 Å². The van der Waals surface area contributed by atoms with Crippen molar-refractivity contribution in [1.29, 1.82) is 0 Å². The second-order valence-corrected chi connectivity index (χ2v) is 7.36. The van der Waals surface area contributed by atoms with E-state index in [0.29, 0.717) is 10.5 Å². The fourth-order valence-electron chi connectivity index (χ4n) is 2.76. The standard InChI is InChI=1S/C15H15F6NO4S/c1-2-9-3-4-10-5-7-22(13(23)14(16,17)18)8-6-11(10)12(9)26-27(24,25)15(19,20)21/h3-4H,2,5-8H2,1H3. The highest BCUT2D eigenvalue weighted by atomic mass is 32.2. The van der Waals surface area contributed by atoms with Gasteiger partial charge in [0.05, 0.1) is 0 Å². The largest absolute Gasteiger partial charge is 0.534 e. The molecule has 0 N–H and O–H groups in total. The predicted molar refractivity (Wildman–Crippen MR) is 81.5 cm³/mol. The zero-order chi connectivity index (χ0) is 20.6. The van der Waals surface area contributed by atoms with Crippen molar-refractivity contribution >= 4 is 16.0 Å². The van der Waals surface area contributed by atoms with E-state index in [1.807, 2.05) is 0 Å². The number of hydrogen-bond acceptors (Lipinski definition) is 4. The molecule has 27 heavy (non-hydrogen) atoms. The van der Waals surface area contributed by atoms with Crippen LogP contribution in [0.5, 0.6) is 5.75 Å². The van der Waals surface area contributed by atoms with Crippen molar-refractivity contribution in [3.05, 3.63) is 28.8 Å². The van der Waals surface area contributed by atoms with Crippen LogP contribution in [0.25, 0.3) is 0 Å². The second-order valence-electron chi connectivity index (χ2n) is 5.82. The molecule has 1 aliphatic rings. The number of nitrogens with zero attached hydrogens (tertiary/aromatic N) is 1. The quantitative estimate of drug-likeness (QED) is 0.429. The summed E-state index contributed by atoms with van der Waals surface area (Å²) in [7, 11) is -5.94. The Morgan fingerprint density at radius 3 is 2.22 bits per heavy atom. The van der Waals surface area contributed by atoms with Gasteiger partial charge in [0.25, 0.3) is 0 Å². The van der Waals surface area contributed by atoms with Crippen molar-refractivity contribution in [3.63, 3.8) is 0 Å². The van der Waals surface area contributed by atoms with Gasteiger partial charge in [0.15, 0.2) is 0 Å². The van der Waals surface area contributed by atoms with Gasteiger partial charge in [-0.1, -0.05) is 19.1 Å². The summed E-state index contributed by atoms with van der Waals surface area (Å²) < 4.78 is 103. The summed E-state index contributed by atoms with van der Waals surface area (Å²) in [6, 6.07) is 2.85. The van der Waals surface area contributed by atoms with Gasteiger partial charge in [0.1, 0.15) is 5.75 Å². The molecule has 0 aliphatic carbocycles. The van der Waals surface area contributed by atoms with Crippen molar-refractivity contribution in [3.8, 4) is 5.75 Å². The van der Waals surface area contributed by atoms with E-state index in [4.69, 9.17) is 0 Å². The Morgan fingerprint density at radius 1 is 1.11 bits per heavy atom. The minimum absolute atomic E-state index is 0.0552. The Balaban J connectivity index is 2.42. The van der Waals surface area contributed by atoms with Gasteiger partial charge in [-0.15, -0.1) is 0 Å². The van der Waals surface area contributed by atoms with Gasteiger partial charge in [0.2, 0.25) is 0 Å². The average molecular weight is 419 g/mol. The molecule has 1 aliphatic heterocycles. The third-order valence-corrected chi connectivity index (χ3v) is 5.06. The summed E-state index contributed by atoms with van der Waals surface area (Å²) in [5.74, 6) is -2.59. The molecule has 0 unspecified atom stereocenters. The fourth-order valence-corrected chi connectivity index (χ4v) is 3.28. The van der Waals surface area contributed by atoms with Gasteiger partial charge in [-0.25, -0.2) is 0 Å². The zero-order valence-electron chi connectivity index (χ0n) is 13.9. The number of alkyl halides is 6. The van der Waals surface area contributed by atoms with E-state index >= 15 is 0 Å². The first-order chi connectivity index (χ1) is 12.3. The smallest absolute Gasteiger partial charge is 0.375 e. The number of aryl methyl sites for hydroxylation is 1. The third-order valence-electron chi connectivity index (χ3n) is 4.11. The molecule has 0 bridgehead atoms. The van der Waals surface area contributed by atoms with Crippen molar-refractivity contribution in [2.24, 2.45) is 0 Å². The van der Waals surface area contributed by atoms with Crippen LogP contribution in [0, 0.1) is 0 Å². The SMILES string of the molecule is CCc1ccc2c(c1OS(=O)(=O)C(F)(F)F)CCN(C(=O)C(F)(F)F)CC2. The van der Waals surface area contributed by atoms with Crippen molar-refractivity contribution in [2.75, 3.05) is 13.1 Å². The van der Waals surface area contributed by atoms with Gasteiger partial charge in [-0.05, 0) is 30.4 Å². The van der Waals surface area contributed by atoms with Crippen LogP contribution in [0.3, 0.4) is 0 Å². The molecular formula is C15H15F6NO4S. The Hall–Kier alpha value is -1.98. The molecule has 0 spiro atoms. The molecule has 1 aromatic rings. The van der Waals surface area contributed by atoms with Gasteiger partial charge < -0.3 is 9.08 Å². The molecule has 152 valence electrons. The van der Waals surface area contributed by atoms with E-state index in [1.165, 1.54) is 12.1 Å². The van der Waals surface area contributed by atoms with Gasteiger partial charge >= 0.3 is 27.7 Å². The Kier molecular flexibility index (Phi) is 5.69. The van der Waals surface area contributed by atoms with Crippen LogP contribution in [-0.4, -0.2) is 44.0 Å². The Morgan fingerprint density at radius 2 is 1.70 bits per heavy atom. The first-order valence-electron chi connectivity index (χ1n) is 7.78. The molecule has 0 saturated heterocycles. The third kappa shape index (κ3) is 4.47. The number of rotatable bonds is 3. The average Bonchev–Trinajstić information content (AvgIpc) is 2.75. The van der Waals surface area contributed by atoms with E-state index in [-0.39, 0.29) is 36.9 Å². The second kappa shape index (κ2) is 7.21. The Bertz CT molecular complexity index is 832. The van der Waals surface area contributed by atoms with Crippen molar-refractivity contribution in [2.45, 2.75) is 37.9 Å². The van der Waals surface area contributed by atoms with Crippen molar-refractivity contribution in [1.82, 2.24) is 4.90 Å². The summed E-state index contributed by atoms with van der Waals surface area (Å²) >= 11 is 0. The molecule has 0 atom stereocenters. The molecule has 0 radical (unpaired) electrons. The summed E-state index contributed by atoms with van der Waals surface area (Å²) in [5.41, 5.74) is -5.10.